The maximum absolute atomic E-state index is 10.4. The summed E-state index contributed by atoms with van der Waals surface area (Å²) in [6, 6.07) is 9.44. The quantitative estimate of drug-likeness (QED) is 0.641. The Labute approximate surface area is 96.2 Å². The lowest BCUT2D eigenvalue weighted by molar-refractivity contribution is 0.100. The van der Waals surface area contributed by atoms with Crippen molar-refractivity contribution in [3.63, 3.8) is 0 Å². The van der Waals surface area contributed by atoms with Gasteiger partial charge in [-0.05, 0) is 19.1 Å². The number of nitrogens with one attached hydrogen (secondary N) is 2. The normalized spacial score (nSPS) is 19.4. The van der Waals surface area contributed by atoms with Gasteiger partial charge in [-0.3, -0.25) is 4.79 Å². The van der Waals surface area contributed by atoms with Gasteiger partial charge in [-0.2, -0.15) is 0 Å². The van der Waals surface area contributed by atoms with Crippen LogP contribution >= 0.6 is 0 Å². The molecule has 1 aliphatic rings. The SMILES string of the molecule is C[C@@H]1CNCCN1.NC(=O)c1ccccc1. The zero-order valence-electron chi connectivity index (χ0n) is 9.57. The minimum atomic E-state index is -0.379. The van der Waals surface area contributed by atoms with Gasteiger partial charge in [-0.15, -0.1) is 0 Å². The van der Waals surface area contributed by atoms with Crippen LogP contribution in [0.2, 0.25) is 0 Å². The Morgan fingerprint density at radius 1 is 1.31 bits per heavy atom. The largest absolute Gasteiger partial charge is 0.366 e. The third-order valence-electron chi connectivity index (χ3n) is 2.30. The number of rotatable bonds is 1. The molecular weight excluding hydrogens is 202 g/mol. The molecule has 0 aromatic heterocycles. The number of benzene rings is 1. The molecule has 0 unspecified atom stereocenters. The fourth-order valence-electron chi connectivity index (χ4n) is 1.40. The van der Waals surface area contributed by atoms with E-state index in [0.29, 0.717) is 11.6 Å². The predicted octanol–water partition coefficient (Wildman–Crippen LogP) is 0.353. The molecule has 0 saturated carbocycles. The summed E-state index contributed by atoms with van der Waals surface area (Å²) in [5.41, 5.74) is 5.53. The van der Waals surface area contributed by atoms with Gasteiger partial charge in [-0.1, -0.05) is 18.2 Å². The van der Waals surface area contributed by atoms with E-state index in [-0.39, 0.29) is 5.91 Å². The van der Waals surface area contributed by atoms with Gasteiger partial charge < -0.3 is 16.4 Å². The van der Waals surface area contributed by atoms with Crippen LogP contribution < -0.4 is 16.4 Å². The fraction of sp³-hybridized carbons (Fsp3) is 0.417. The summed E-state index contributed by atoms with van der Waals surface area (Å²) in [7, 11) is 0. The first-order chi connectivity index (χ1) is 7.70. The van der Waals surface area contributed by atoms with E-state index < -0.39 is 0 Å². The van der Waals surface area contributed by atoms with Crippen molar-refractivity contribution >= 4 is 5.91 Å². The third-order valence-corrected chi connectivity index (χ3v) is 2.30. The number of carbonyl (C=O) groups is 1. The minimum absolute atomic E-state index is 0.379. The van der Waals surface area contributed by atoms with Crippen molar-refractivity contribution < 1.29 is 4.79 Å². The molecule has 1 aliphatic heterocycles. The van der Waals surface area contributed by atoms with Gasteiger partial charge in [0.2, 0.25) is 5.91 Å². The first kappa shape index (κ1) is 12.7. The molecule has 4 heteroatoms. The molecule has 1 fully saturated rings. The molecular formula is C12H19N3O. The first-order valence-corrected chi connectivity index (χ1v) is 5.49. The van der Waals surface area contributed by atoms with Crippen molar-refractivity contribution in [2.24, 2.45) is 5.73 Å². The van der Waals surface area contributed by atoms with Gasteiger partial charge >= 0.3 is 0 Å². The summed E-state index contributed by atoms with van der Waals surface area (Å²) in [6.07, 6.45) is 0. The maximum Gasteiger partial charge on any atom is 0.248 e. The Kier molecular flexibility index (Phi) is 5.53. The summed E-state index contributed by atoms with van der Waals surface area (Å²) in [4.78, 5) is 10.4. The first-order valence-electron chi connectivity index (χ1n) is 5.49. The highest BCUT2D eigenvalue weighted by Gasteiger charge is 2.03. The fourth-order valence-corrected chi connectivity index (χ4v) is 1.40. The van der Waals surface area contributed by atoms with E-state index in [9.17, 15) is 4.79 Å². The lowest BCUT2D eigenvalue weighted by atomic mass is 10.2. The average Bonchev–Trinajstić information content (AvgIpc) is 2.32. The van der Waals surface area contributed by atoms with Crippen LogP contribution in [0.3, 0.4) is 0 Å². The summed E-state index contributed by atoms with van der Waals surface area (Å²) in [5, 5.41) is 6.59. The van der Waals surface area contributed by atoms with E-state index >= 15 is 0 Å². The molecule has 1 saturated heterocycles. The van der Waals surface area contributed by atoms with Gasteiger partial charge in [-0.25, -0.2) is 0 Å². The monoisotopic (exact) mass is 221 g/mol. The predicted molar refractivity (Wildman–Crippen MR) is 65.3 cm³/mol. The van der Waals surface area contributed by atoms with Crippen molar-refractivity contribution in [3.05, 3.63) is 35.9 Å². The van der Waals surface area contributed by atoms with Crippen molar-refractivity contribution in [2.75, 3.05) is 19.6 Å². The van der Waals surface area contributed by atoms with Crippen LogP contribution in [0.5, 0.6) is 0 Å². The Morgan fingerprint density at radius 3 is 2.31 bits per heavy atom. The van der Waals surface area contributed by atoms with Crippen molar-refractivity contribution in [3.8, 4) is 0 Å². The van der Waals surface area contributed by atoms with Crippen LogP contribution in [-0.4, -0.2) is 31.6 Å². The van der Waals surface area contributed by atoms with Crippen LogP contribution in [0.25, 0.3) is 0 Å². The number of hydrogen-bond donors (Lipinski definition) is 3. The molecule has 1 amide bonds. The Balaban J connectivity index is 0.000000165. The molecule has 0 spiro atoms. The van der Waals surface area contributed by atoms with Crippen molar-refractivity contribution in [2.45, 2.75) is 13.0 Å². The number of nitrogens with two attached hydrogens (primary N) is 1. The standard InChI is InChI=1S/C7H7NO.C5H12N2/c8-7(9)6-4-2-1-3-5-6;1-5-4-6-2-3-7-5/h1-5H,(H2,8,9);5-7H,2-4H2,1H3/t;5-/m.1/s1. The van der Waals surface area contributed by atoms with Crippen LogP contribution in [0, 0.1) is 0 Å². The molecule has 16 heavy (non-hydrogen) atoms. The van der Waals surface area contributed by atoms with Crippen LogP contribution in [0.15, 0.2) is 30.3 Å². The summed E-state index contributed by atoms with van der Waals surface area (Å²) < 4.78 is 0. The zero-order valence-corrected chi connectivity index (χ0v) is 9.57. The van der Waals surface area contributed by atoms with Crippen molar-refractivity contribution in [1.82, 2.24) is 10.6 Å². The number of hydrogen-bond acceptors (Lipinski definition) is 3. The molecule has 0 radical (unpaired) electrons. The highest BCUT2D eigenvalue weighted by atomic mass is 16.1. The van der Waals surface area contributed by atoms with Gasteiger partial charge in [0.1, 0.15) is 0 Å². The molecule has 1 aromatic rings. The van der Waals surface area contributed by atoms with E-state index in [1.807, 2.05) is 6.07 Å². The van der Waals surface area contributed by atoms with E-state index in [1.54, 1.807) is 24.3 Å². The molecule has 4 N–H and O–H groups in total. The second kappa shape index (κ2) is 6.98. The molecule has 4 nitrogen and oxygen atoms in total. The molecule has 1 atom stereocenters. The highest BCUT2D eigenvalue weighted by molar-refractivity contribution is 5.92. The minimum Gasteiger partial charge on any atom is -0.366 e. The van der Waals surface area contributed by atoms with Crippen LogP contribution in [0.4, 0.5) is 0 Å². The number of carbonyl (C=O) groups excluding carboxylic acids is 1. The summed E-state index contributed by atoms with van der Waals surface area (Å²) in [5.74, 6) is -0.379. The number of amides is 1. The molecule has 1 heterocycles. The molecule has 0 bridgehead atoms. The van der Waals surface area contributed by atoms with E-state index in [0.717, 1.165) is 19.6 Å². The molecule has 0 aliphatic carbocycles. The lowest BCUT2D eigenvalue weighted by Gasteiger charge is -2.19. The molecule has 2 rings (SSSR count). The maximum atomic E-state index is 10.4. The van der Waals surface area contributed by atoms with Crippen LogP contribution in [0.1, 0.15) is 17.3 Å². The van der Waals surface area contributed by atoms with Gasteiger partial charge in [0.05, 0.1) is 0 Å². The van der Waals surface area contributed by atoms with Crippen LogP contribution in [-0.2, 0) is 0 Å². The zero-order chi connectivity index (χ0) is 11.8. The molecule has 88 valence electrons. The average molecular weight is 221 g/mol. The highest BCUT2D eigenvalue weighted by Crippen LogP contribution is 1.94. The second-order valence-corrected chi connectivity index (χ2v) is 3.79. The second-order valence-electron chi connectivity index (χ2n) is 3.79. The summed E-state index contributed by atoms with van der Waals surface area (Å²) >= 11 is 0. The van der Waals surface area contributed by atoms with E-state index in [1.165, 1.54) is 0 Å². The lowest BCUT2D eigenvalue weighted by Crippen LogP contribution is -2.46. The van der Waals surface area contributed by atoms with Gasteiger partial charge in [0.25, 0.3) is 0 Å². The Morgan fingerprint density at radius 2 is 2.00 bits per heavy atom. The van der Waals surface area contributed by atoms with Gasteiger partial charge in [0.15, 0.2) is 0 Å². The van der Waals surface area contributed by atoms with E-state index in [2.05, 4.69) is 17.6 Å². The van der Waals surface area contributed by atoms with Gasteiger partial charge in [0, 0.05) is 31.2 Å². The smallest absolute Gasteiger partial charge is 0.248 e. The summed E-state index contributed by atoms with van der Waals surface area (Å²) in [6.45, 7) is 5.57. The third kappa shape index (κ3) is 4.91. The number of primary amides is 1. The topological polar surface area (TPSA) is 67.2 Å². The number of piperazine rings is 1. The van der Waals surface area contributed by atoms with E-state index in [4.69, 9.17) is 5.73 Å². The Bertz CT molecular complexity index is 307. The Hall–Kier alpha value is -1.39. The molecule has 1 aromatic carbocycles. The van der Waals surface area contributed by atoms with Crippen molar-refractivity contribution in [1.29, 1.82) is 0 Å².